The van der Waals surface area contributed by atoms with Gasteiger partial charge >= 0.3 is 7.82 Å². The number of aliphatic hydroxyl groups excluding tert-OH is 2. The number of phosphoric ester groups is 1. The van der Waals surface area contributed by atoms with Gasteiger partial charge in [0.1, 0.15) is 0 Å². The average Bonchev–Trinajstić information content (AvgIpc) is 3.07. The van der Waals surface area contributed by atoms with Crippen molar-refractivity contribution in [3.63, 3.8) is 0 Å². The fraction of sp³-hybridized carbons (Fsp3) is 0.821. The van der Waals surface area contributed by atoms with Crippen molar-refractivity contribution in [2.24, 2.45) is 5.73 Å². The second kappa shape index (κ2) is 35.1. The maximum Gasteiger partial charge on any atom is 0.472 e. The molecular formula is C39H75N2O7P. The van der Waals surface area contributed by atoms with Crippen LogP contribution in [-0.4, -0.2) is 59.0 Å². The van der Waals surface area contributed by atoms with Crippen LogP contribution >= 0.6 is 7.82 Å². The van der Waals surface area contributed by atoms with Gasteiger partial charge in [-0.3, -0.25) is 13.8 Å². The van der Waals surface area contributed by atoms with E-state index in [4.69, 9.17) is 14.8 Å². The largest absolute Gasteiger partial charge is 0.472 e. The Labute approximate surface area is 300 Å². The molecule has 9 nitrogen and oxygen atoms in total. The van der Waals surface area contributed by atoms with Crippen LogP contribution in [0.3, 0.4) is 0 Å². The number of carbonyl (C=O) groups is 1. The number of nitrogens with two attached hydrogens (primary N) is 1. The highest BCUT2D eigenvalue weighted by molar-refractivity contribution is 7.47. The summed E-state index contributed by atoms with van der Waals surface area (Å²) in [6, 6.07) is -1.00. The van der Waals surface area contributed by atoms with Gasteiger partial charge in [0, 0.05) is 6.54 Å². The lowest BCUT2D eigenvalue weighted by molar-refractivity contribution is -0.124. The Hall–Kier alpha value is -1.32. The first-order valence-corrected chi connectivity index (χ1v) is 21.2. The third kappa shape index (κ3) is 33.6. The van der Waals surface area contributed by atoms with Crippen molar-refractivity contribution in [1.29, 1.82) is 0 Å². The minimum Gasteiger partial charge on any atom is -0.393 e. The van der Waals surface area contributed by atoms with E-state index >= 15 is 0 Å². The number of carbonyl (C=O) groups excluding carboxylic acids is 1. The summed E-state index contributed by atoms with van der Waals surface area (Å²) >= 11 is 0. The van der Waals surface area contributed by atoms with Gasteiger partial charge in [0.25, 0.3) is 0 Å². The van der Waals surface area contributed by atoms with Crippen LogP contribution in [0.15, 0.2) is 36.5 Å². The third-order valence-electron chi connectivity index (χ3n) is 8.49. The highest BCUT2D eigenvalue weighted by Crippen LogP contribution is 2.43. The summed E-state index contributed by atoms with van der Waals surface area (Å²) in [6.07, 6.45) is 36.8. The third-order valence-corrected chi connectivity index (χ3v) is 9.48. The maximum atomic E-state index is 12.7. The summed E-state index contributed by atoms with van der Waals surface area (Å²) in [7, 11) is -4.40. The van der Waals surface area contributed by atoms with Crippen molar-refractivity contribution in [3.05, 3.63) is 36.5 Å². The Morgan fingerprint density at radius 2 is 1.18 bits per heavy atom. The molecule has 0 radical (unpaired) electrons. The van der Waals surface area contributed by atoms with Crippen molar-refractivity contribution in [1.82, 2.24) is 5.32 Å². The molecule has 0 rings (SSSR count). The number of allylic oxidation sites excluding steroid dienone is 5. The van der Waals surface area contributed by atoms with Crippen molar-refractivity contribution in [3.8, 4) is 0 Å². The molecule has 4 unspecified atom stereocenters. The highest BCUT2D eigenvalue weighted by atomic mass is 31.2. The lowest BCUT2D eigenvalue weighted by Gasteiger charge is -2.24. The van der Waals surface area contributed by atoms with E-state index in [0.717, 1.165) is 38.5 Å². The van der Waals surface area contributed by atoms with Gasteiger partial charge in [-0.2, -0.15) is 0 Å². The molecule has 0 bridgehead atoms. The van der Waals surface area contributed by atoms with Gasteiger partial charge in [0.2, 0.25) is 5.91 Å². The van der Waals surface area contributed by atoms with Crippen molar-refractivity contribution in [2.45, 2.75) is 186 Å². The summed E-state index contributed by atoms with van der Waals surface area (Å²) in [5, 5.41) is 23.8. The number of rotatable bonds is 36. The smallest absolute Gasteiger partial charge is 0.393 e. The van der Waals surface area contributed by atoms with Crippen LogP contribution in [0.5, 0.6) is 0 Å². The van der Waals surface area contributed by atoms with Crippen molar-refractivity contribution >= 4 is 13.7 Å². The molecular weight excluding hydrogens is 639 g/mol. The molecule has 4 atom stereocenters. The molecule has 0 spiro atoms. The number of phosphoric acid groups is 1. The summed E-state index contributed by atoms with van der Waals surface area (Å²) in [6.45, 7) is 3.86. The normalized spacial score (nSPS) is 15.3. The SMILES string of the molecule is CCCC/C=C\CCCCC(O)CC(=O)NC(COP(=O)(O)OCCN)C(O)/C=C/CC/C=C/CCCCCCCCCCCCCCC. The predicted octanol–water partition coefficient (Wildman–Crippen LogP) is 9.36. The molecule has 0 aliphatic heterocycles. The molecule has 0 aromatic rings. The van der Waals surface area contributed by atoms with Crippen molar-refractivity contribution in [2.75, 3.05) is 19.8 Å². The van der Waals surface area contributed by atoms with E-state index in [9.17, 15) is 24.5 Å². The number of hydrogen-bond acceptors (Lipinski definition) is 7. The van der Waals surface area contributed by atoms with Gasteiger partial charge < -0.3 is 26.2 Å². The predicted molar refractivity (Wildman–Crippen MR) is 204 cm³/mol. The summed E-state index contributed by atoms with van der Waals surface area (Å²) in [4.78, 5) is 22.6. The van der Waals surface area contributed by atoms with E-state index in [1.807, 2.05) is 6.08 Å². The zero-order chi connectivity index (χ0) is 36.3. The molecule has 288 valence electrons. The molecule has 0 heterocycles. The topological polar surface area (TPSA) is 151 Å². The molecule has 0 saturated carbocycles. The van der Waals surface area contributed by atoms with Crippen LogP contribution in [-0.2, 0) is 18.4 Å². The molecule has 0 aromatic carbocycles. The molecule has 0 fully saturated rings. The molecule has 1 amide bonds. The van der Waals surface area contributed by atoms with Gasteiger partial charge in [-0.25, -0.2) is 4.57 Å². The minimum atomic E-state index is -4.40. The summed E-state index contributed by atoms with van der Waals surface area (Å²) in [5.41, 5.74) is 5.34. The molecule has 0 aliphatic carbocycles. The first-order valence-electron chi connectivity index (χ1n) is 19.7. The van der Waals surface area contributed by atoms with Crippen LogP contribution in [0.4, 0.5) is 0 Å². The van der Waals surface area contributed by atoms with Crippen LogP contribution in [0, 0.1) is 0 Å². The molecule has 10 heteroatoms. The fourth-order valence-electron chi connectivity index (χ4n) is 5.46. The van der Waals surface area contributed by atoms with Gasteiger partial charge in [0.05, 0.1) is 37.9 Å². The summed E-state index contributed by atoms with van der Waals surface area (Å²) < 4.78 is 21.9. The second-order valence-corrected chi connectivity index (χ2v) is 14.8. The Morgan fingerprint density at radius 1 is 0.694 bits per heavy atom. The zero-order valence-corrected chi connectivity index (χ0v) is 32.2. The van der Waals surface area contributed by atoms with Gasteiger partial charge in [-0.05, 0) is 51.4 Å². The van der Waals surface area contributed by atoms with Crippen LogP contribution in [0.1, 0.15) is 168 Å². The van der Waals surface area contributed by atoms with E-state index in [1.54, 1.807) is 6.08 Å². The Balaban J connectivity index is 4.42. The second-order valence-electron chi connectivity index (χ2n) is 13.3. The van der Waals surface area contributed by atoms with Gasteiger partial charge in [-0.1, -0.05) is 147 Å². The monoisotopic (exact) mass is 715 g/mol. The van der Waals surface area contributed by atoms with Gasteiger partial charge in [-0.15, -0.1) is 0 Å². The quantitative estimate of drug-likeness (QED) is 0.0245. The minimum absolute atomic E-state index is 0.0420. The van der Waals surface area contributed by atoms with Crippen LogP contribution in [0.2, 0.25) is 0 Å². The molecule has 0 aliphatic rings. The Bertz CT molecular complexity index is 883. The standard InChI is InChI=1S/C39H75N2O7P/c1-3-5-7-9-11-13-14-15-16-17-18-19-20-21-22-23-25-27-29-31-38(43)37(35-48-49(45,46)47-33-32-40)41-39(44)34-36(42)30-28-26-24-12-10-8-6-4-2/h10,12,22-23,29,31,36-38,42-43H,3-9,11,13-21,24-28,30,32-35,40H2,1-2H3,(H,41,44)(H,45,46)/b12-10-,23-22+,31-29+. The number of hydrogen-bond donors (Lipinski definition) is 5. The fourth-order valence-corrected chi connectivity index (χ4v) is 6.22. The van der Waals surface area contributed by atoms with E-state index < -0.39 is 38.6 Å². The van der Waals surface area contributed by atoms with E-state index in [1.165, 1.54) is 96.3 Å². The van der Waals surface area contributed by atoms with Gasteiger partial charge in [0.15, 0.2) is 0 Å². The maximum absolute atomic E-state index is 12.7. The lowest BCUT2D eigenvalue weighted by atomic mass is 10.0. The Kier molecular flexibility index (Phi) is 34.2. The van der Waals surface area contributed by atoms with Crippen molar-refractivity contribution < 1.29 is 33.5 Å². The average molecular weight is 715 g/mol. The van der Waals surface area contributed by atoms with E-state index in [0.29, 0.717) is 12.8 Å². The lowest BCUT2D eigenvalue weighted by Crippen LogP contribution is -2.46. The summed E-state index contributed by atoms with van der Waals surface area (Å²) in [5.74, 6) is -0.472. The van der Waals surface area contributed by atoms with Crippen LogP contribution < -0.4 is 11.1 Å². The first kappa shape index (κ1) is 47.7. The highest BCUT2D eigenvalue weighted by Gasteiger charge is 2.27. The number of aliphatic hydroxyl groups is 2. The van der Waals surface area contributed by atoms with E-state index in [2.05, 4.69) is 43.5 Å². The number of unbranched alkanes of at least 4 members (excludes halogenated alkanes) is 18. The molecule has 0 saturated heterocycles. The number of amides is 1. The molecule has 0 aromatic heterocycles. The first-order chi connectivity index (χ1) is 23.8. The Morgan fingerprint density at radius 3 is 1.76 bits per heavy atom. The molecule has 6 N–H and O–H groups in total. The van der Waals surface area contributed by atoms with Crippen LogP contribution in [0.25, 0.3) is 0 Å². The molecule has 49 heavy (non-hydrogen) atoms. The van der Waals surface area contributed by atoms with E-state index in [-0.39, 0.29) is 19.6 Å². The number of nitrogens with one attached hydrogen (secondary N) is 1. The zero-order valence-electron chi connectivity index (χ0n) is 31.3.